The van der Waals surface area contributed by atoms with Crippen LogP contribution in [0.25, 0.3) is 0 Å². The van der Waals surface area contributed by atoms with E-state index in [1.807, 2.05) is 36.4 Å². The fourth-order valence-corrected chi connectivity index (χ4v) is 3.78. The van der Waals surface area contributed by atoms with Gasteiger partial charge in [-0.3, -0.25) is 0 Å². The highest BCUT2D eigenvalue weighted by molar-refractivity contribution is 5.41. The van der Waals surface area contributed by atoms with Gasteiger partial charge in [-0.25, -0.2) is 0 Å². The van der Waals surface area contributed by atoms with Crippen LogP contribution in [0.2, 0.25) is 0 Å². The first-order valence-electron chi connectivity index (χ1n) is 11.8. The van der Waals surface area contributed by atoms with E-state index in [1.54, 1.807) is 19.2 Å². The molecule has 0 aliphatic rings. The summed E-state index contributed by atoms with van der Waals surface area (Å²) in [6, 6.07) is 15.2. The number of methoxy groups -OCH3 is 1. The number of aliphatic hydroxyl groups is 2. The molecule has 0 fully saturated rings. The number of hydrogen-bond acceptors (Lipinski definition) is 8. The van der Waals surface area contributed by atoms with Crippen LogP contribution in [0, 0.1) is 5.41 Å². The lowest BCUT2D eigenvalue weighted by atomic mass is 9.78. The number of phenols is 1. The van der Waals surface area contributed by atoms with Gasteiger partial charge in [0.25, 0.3) is 0 Å². The minimum atomic E-state index is -0.555. The molecule has 0 aliphatic carbocycles. The molecule has 0 spiro atoms. The van der Waals surface area contributed by atoms with Gasteiger partial charge in [-0.2, -0.15) is 0 Å². The number of aliphatic hydroxyl groups excluding tert-OH is 2. The Labute approximate surface area is 208 Å². The molecule has 0 amide bonds. The first-order chi connectivity index (χ1) is 16.9. The molecule has 8 nitrogen and oxygen atoms in total. The molecule has 2 aromatic rings. The summed E-state index contributed by atoms with van der Waals surface area (Å²) in [7, 11) is 1.60. The van der Waals surface area contributed by atoms with Gasteiger partial charge < -0.3 is 39.0 Å². The van der Waals surface area contributed by atoms with Crippen molar-refractivity contribution in [3.8, 4) is 11.5 Å². The summed E-state index contributed by atoms with van der Waals surface area (Å²) >= 11 is 0. The van der Waals surface area contributed by atoms with E-state index in [4.69, 9.17) is 33.9 Å². The summed E-state index contributed by atoms with van der Waals surface area (Å²) in [5.41, 5.74) is 1.49. The van der Waals surface area contributed by atoms with Crippen LogP contribution in [0.15, 0.2) is 48.5 Å². The predicted molar refractivity (Wildman–Crippen MR) is 133 cm³/mol. The predicted octanol–water partition coefficient (Wildman–Crippen LogP) is 2.76. The summed E-state index contributed by atoms with van der Waals surface area (Å²) in [5, 5.41) is 27.6. The van der Waals surface area contributed by atoms with Crippen LogP contribution in [0.1, 0.15) is 25.0 Å². The van der Waals surface area contributed by atoms with Gasteiger partial charge in [0.2, 0.25) is 0 Å². The third kappa shape index (κ3) is 9.40. The van der Waals surface area contributed by atoms with Gasteiger partial charge in [0.05, 0.1) is 64.9 Å². The smallest absolute Gasteiger partial charge is 0.119 e. The Morgan fingerprint density at radius 2 is 1.14 bits per heavy atom. The first kappa shape index (κ1) is 29.0. The van der Waals surface area contributed by atoms with Crippen molar-refractivity contribution in [1.29, 1.82) is 0 Å². The first-order valence-corrected chi connectivity index (χ1v) is 11.8. The van der Waals surface area contributed by atoms with E-state index in [0.29, 0.717) is 39.6 Å². The molecule has 3 N–H and O–H groups in total. The molecule has 8 heteroatoms. The number of aromatic hydroxyl groups is 1. The normalized spacial score (nSPS) is 12.1. The van der Waals surface area contributed by atoms with Crippen molar-refractivity contribution in [1.82, 2.24) is 0 Å². The van der Waals surface area contributed by atoms with E-state index in [2.05, 4.69) is 13.8 Å². The number of phenolic OH excluding ortho intramolecular Hbond substituents is 1. The van der Waals surface area contributed by atoms with Crippen molar-refractivity contribution in [2.24, 2.45) is 5.41 Å². The molecule has 0 saturated carbocycles. The molecule has 0 atom stereocenters. The Morgan fingerprint density at radius 1 is 0.657 bits per heavy atom. The molecule has 0 radical (unpaired) electrons. The standard InChI is InChI=1S/C27H40O8/c1-26(2,22-4-8-24(30)9-5-22)23-6-10-25(11-7-23)35-17-16-34-21-27(18-31-3,19-32-14-12-28)20-33-15-13-29/h4-11,28-30H,12-21H2,1-3H3. The second-order valence-electron chi connectivity index (χ2n) is 9.08. The lowest BCUT2D eigenvalue weighted by Crippen LogP contribution is -2.42. The lowest BCUT2D eigenvalue weighted by molar-refractivity contribution is -0.106. The van der Waals surface area contributed by atoms with Gasteiger partial charge in [-0.1, -0.05) is 38.1 Å². The second kappa shape index (κ2) is 15.0. The summed E-state index contributed by atoms with van der Waals surface area (Å²) in [6.45, 7) is 6.59. The van der Waals surface area contributed by atoms with E-state index >= 15 is 0 Å². The maximum atomic E-state index is 9.55. The van der Waals surface area contributed by atoms with Crippen molar-refractivity contribution in [3.63, 3.8) is 0 Å². The van der Waals surface area contributed by atoms with Gasteiger partial charge in [0.15, 0.2) is 0 Å². The van der Waals surface area contributed by atoms with Crippen LogP contribution in [0.3, 0.4) is 0 Å². The number of hydrogen-bond donors (Lipinski definition) is 3. The van der Waals surface area contributed by atoms with Crippen molar-refractivity contribution in [2.75, 3.05) is 73.2 Å². The van der Waals surface area contributed by atoms with E-state index in [-0.39, 0.29) is 37.6 Å². The number of rotatable bonds is 18. The third-order valence-corrected chi connectivity index (χ3v) is 5.81. The van der Waals surface area contributed by atoms with Gasteiger partial charge in [0, 0.05) is 12.5 Å². The molecular weight excluding hydrogens is 452 g/mol. The average molecular weight is 493 g/mol. The fraction of sp³-hybridized carbons (Fsp3) is 0.556. The van der Waals surface area contributed by atoms with Crippen LogP contribution in [-0.4, -0.2) is 88.5 Å². The van der Waals surface area contributed by atoms with Crippen LogP contribution in [0.4, 0.5) is 0 Å². The monoisotopic (exact) mass is 492 g/mol. The van der Waals surface area contributed by atoms with Crippen molar-refractivity contribution in [3.05, 3.63) is 59.7 Å². The summed E-state index contributed by atoms with van der Waals surface area (Å²) in [5.74, 6) is 1.00. The molecule has 196 valence electrons. The zero-order chi connectivity index (χ0) is 25.6. The molecular formula is C27H40O8. The maximum Gasteiger partial charge on any atom is 0.119 e. The highest BCUT2D eigenvalue weighted by Crippen LogP contribution is 2.33. The van der Waals surface area contributed by atoms with Crippen LogP contribution in [0.5, 0.6) is 11.5 Å². The molecule has 35 heavy (non-hydrogen) atoms. The van der Waals surface area contributed by atoms with Crippen LogP contribution < -0.4 is 4.74 Å². The molecule has 2 aromatic carbocycles. The zero-order valence-electron chi connectivity index (χ0n) is 21.1. The Hall–Kier alpha value is -2.20. The minimum absolute atomic E-state index is 0.0693. The van der Waals surface area contributed by atoms with Gasteiger partial charge in [-0.15, -0.1) is 0 Å². The Balaban J connectivity index is 1.86. The zero-order valence-corrected chi connectivity index (χ0v) is 21.1. The van der Waals surface area contributed by atoms with Crippen molar-refractivity contribution >= 4 is 0 Å². The molecule has 0 aromatic heterocycles. The topological polar surface area (TPSA) is 107 Å². The molecule has 0 unspecified atom stereocenters. The van der Waals surface area contributed by atoms with E-state index in [0.717, 1.165) is 16.9 Å². The Kier molecular flexibility index (Phi) is 12.5. The van der Waals surface area contributed by atoms with E-state index in [1.165, 1.54) is 0 Å². The van der Waals surface area contributed by atoms with Crippen LogP contribution >= 0.6 is 0 Å². The summed E-state index contributed by atoms with van der Waals surface area (Å²) < 4.78 is 28.2. The van der Waals surface area contributed by atoms with Crippen LogP contribution in [-0.2, 0) is 24.4 Å². The van der Waals surface area contributed by atoms with Crippen molar-refractivity contribution < 1.29 is 39.0 Å². The maximum absolute atomic E-state index is 9.55. The Bertz CT molecular complexity index is 810. The highest BCUT2D eigenvalue weighted by atomic mass is 16.5. The van der Waals surface area contributed by atoms with E-state index < -0.39 is 5.41 Å². The fourth-order valence-electron chi connectivity index (χ4n) is 3.78. The summed E-state index contributed by atoms with van der Waals surface area (Å²) in [6.07, 6.45) is 0. The molecule has 0 bridgehead atoms. The number of benzene rings is 2. The Morgan fingerprint density at radius 3 is 1.63 bits per heavy atom. The van der Waals surface area contributed by atoms with Gasteiger partial charge in [-0.05, 0) is 35.4 Å². The molecule has 0 aliphatic heterocycles. The van der Waals surface area contributed by atoms with E-state index in [9.17, 15) is 5.11 Å². The average Bonchev–Trinajstić information content (AvgIpc) is 2.85. The second-order valence-corrected chi connectivity index (χ2v) is 9.08. The SMILES string of the molecule is COCC(COCCO)(COCCO)COCCOc1ccc(C(C)(C)c2ccc(O)cc2)cc1. The van der Waals surface area contributed by atoms with Gasteiger partial charge in [0.1, 0.15) is 18.1 Å². The largest absolute Gasteiger partial charge is 0.508 e. The quantitative estimate of drug-likeness (QED) is 0.273. The van der Waals surface area contributed by atoms with Crippen molar-refractivity contribution in [2.45, 2.75) is 19.3 Å². The van der Waals surface area contributed by atoms with Gasteiger partial charge >= 0.3 is 0 Å². The molecule has 2 rings (SSSR count). The number of ether oxygens (including phenoxy) is 5. The third-order valence-electron chi connectivity index (χ3n) is 5.81. The minimum Gasteiger partial charge on any atom is -0.508 e. The summed E-state index contributed by atoms with van der Waals surface area (Å²) in [4.78, 5) is 0. The molecule has 0 heterocycles. The highest BCUT2D eigenvalue weighted by Gasteiger charge is 2.32. The lowest BCUT2D eigenvalue weighted by Gasteiger charge is -2.32. The molecule has 0 saturated heterocycles.